The first-order valence-electron chi connectivity index (χ1n) is 5.12. The summed E-state index contributed by atoms with van der Waals surface area (Å²) in [5, 5.41) is 0. The van der Waals surface area contributed by atoms with Gasteiger partial charge in [0.15, 0.2) is 5.78 Å². The van der Waals surface area contributed by atoms with Gasteiger partial charge in [-0.1, -0.05) is 25.1 Å². The number of para-hydroxylation sites is 1. The van der Waals surface area contributed by atoms with Gasteiger partial charge >= 0.3 is 0 Å². The van der Waals surface area contributed by atoms with Crippen molar-refractivity contribution < 1.29 is 9.59 Å². The van der Waals surface area contributed by atoms with E-state index in [1.807, 2.05) is 31.2 Å². The van der Waals surface area contributed by atoms with Crippen LogP contribution in [0.3, 0.4) is 0 Å². The quantitative estimate of drug-likeness (QED) is 0.684. The van der Waals surface area contributed by atoms with Gasteiger partial charge in [-0.05, 0) is 18.1 Å². The van der Waals surface area contributed by atoms with Crippen LogP contribution in [0.25, 0.3) is 0 Å². The van der Waals surface area contributed by atoms with Crippen LogP contribution in [0, 0.1) is 0 Å². The normalized spacial score (nSPS) is 16.2. The van der Waals surface area contributed by atoms with Crippen LogP contribution in [-0.4, -0.2) is 18.2 Å². The van der Waals surface area contributed by atoms with Crippen molar-refractivity contribution in [1.29, 1.82) is 0 Å². The maximum absolute atomic E-state index is 11.6. The van der Waals surface area contributed by atoms with Gasteiger partial charge in [0.1, 0.15) is 0 Å². The third-order valence-electron chi connectivity index (χ3n) is 2.65. The third-order valence-corrected chi connectivity index (χ3v) is 2.65. The summed E-state index contributed by atoms with van der Waals surface area (Å²) in [6.07, 6.45) is 0.923. The molecule has 1 aromatic carbocycles. The highest BCUT2D eigenvalue weighted by molar-refractivity contribution is 6.15. The largest absolute Gasteiger partial charge is 0.304 e. The van der Waals surface area contributed by atoms with Gasteiger partial charge in [-0.2, -0.15) is 0 Å². The molecule has 0 N–H and O–H groups in total. The average Bonchev–Trinajstić information content (AvgIpc) is 2.57. The zero-order chi connectivity index (χ0) is 10.8. The topological polar surface area (TPSA) is 37.4 Å². The smallest absolute Gasteiger partial charge is 0.234 e. The predicted molar refractivity (Wildman–Crippen MR) is 57.8 cm³/mol. The fraction of sp³-hybridized carbons (Fsp3) is 0.333. The van der Waals surface area contributed by atoms with Crippen LogP contribution < -0.4 is 4.90 Å². The molecule has 1 amide bonds. The number of ketones is 1. The molecule has 1 aliphatic heterocycles. The Hall–Kier alpha value is -1.64. The number of carbonyl (C=O) groups is 2. The van der Waals surface area contributed by atoms with Crippen LogP contribution >= 0.6 is 0 Å². The number of carbonyl (C=O) groups excluding carboxylic acids is 2. The van der Waals surface area contributed by atoms with Gasteiger partial charge < -0.3 is 4.90 Å². The molecule has 3 nitrogen and oxygen atoms in total. The SMILES string of the molecule is CCc1ccccc1N1CC(=O)CC1=O. The molecule has 0 saturated carbocycles. The minimum absolute atomic E-state index is 0.00547. The van der Waals surface area contributed by atoms with Crippen molar-refractivity contribution in [3.63, 3.8) is 0 Å². The summed E-state index contributed by atoms with van der Waals surface area (Å²) < 4.78 is 0. The molecule has 0 aliphatic carbocycles. The first-order chi connectivity index (χ1) is 7.22. The maximum atomic E-state index is 11.6. The second kappa shape index (κ2) is 3.85. The Balaban J connectivity index is 2.37. The van der Waals surface area contributed by atoms with Crippen LogP contribution in [0.1, 0.15) is 18.9 Å². The number of anilines is 1. The zero-order valence-electron chi connectivity index (χ0n) is 8.69. The van der Waals surface area contributed by atoms with Crippen molar-refractivity contribution in [1.82, 2.24) is 0 Å². The fourth-order valence-electron chi connectivity index (χ4n) is 1.88. The first-order valence-corrected chi connectivity index (χ1v) is 5.12. The number of benzene rings is 1. The van der Waals surface area contributed by atoms with Crippen LogP contribution in [0.2, 0.25) is 0 Å². The van der Waals surface area contributed by atoms with E-state index in [0.717, 1.165) is 17.7 Å². The second-order valence-corrected chi connectivity index (χ2v) is 3.68. The molecule has 0 spiro atoms. The van der Waals surface area contributed by atoms with E-state index in [1.165, 1.54) is 0 Å². The Morgan fingerprint density at radius 1 is 1.27 bits per heavy atom. The van der Waals surface area contributed by atoms with Crippen molar-refractivity contribution >= 4 is 17.4 Å². The maximum Gasteiger partial charge on any atom is 0.234 e. The highest BCUT2D eigenvalue weighted by Crippen LogP contribution is 2.24. The molecular weight excluding hydrogens is 190 g/mol. The standard InChI is InChI=1S/C12H13NO2/c1-2-9-5-3-4-6-11(9)13-8-10(14)7-12(13)15/h3-6H,2,7-8H2,1H3. The highest BCUT2D eigenvalue weighted by Gasteiger charge is 2.29. The number of rotatable bonds is 2. The van der Waals surface area contributed by atoms with Gasteiger partial charge in [0.25, 0.3) is 0 Å². The Morgan fingerprint density at radius 3 is 2.60 bits per heavy atom. The number of hydrogen-bond acceptors (Lipinski definition) is 2. The third kappa shape index (κ3) is 1.77. The van der Waals surface area contributed by atoms with E-state index in [9.17, 15) is 9.59 Å². The Bertz CT molecular complexity index is 412. The summed E-state index contributed by atoms with van der Waals surface area (Å²) in [4.78, 5) is 24.3. The van der Waals surface area contributed by atoms with Gasteiger partial charge in [-0.3, -0.25) is 9.59 Å². The molecule has 0 unspecified atom stereocenters. The van der Waals surface area contributed by atoms with Gasteiger partial charge in [0, 0.05) is 5.69 Å². The average molecular weight is 203 g/mol. The van der Waals surface area contributed by atoms with Crippen LogP contribution in [0.4, 0.5) is 5.69 Å². The molecule has 78 valence electrons. The van der Waals surface area contributed by atoms with E-state index < -0.39 is 0 Å². The predicted octanol–water partition coefficient (Wildman–Crippen LogP) is 1.55. The van der Waals surface area contributed by atoms with E-state index in [0.29, 0.717) is 0 Å². The second-order valence-electron chi connectivity index (χ2n) is 3.68. The molecule has 0 radical (unpaired) electrons. The van der Waals surface area contributed by atoms with Crippen molar-refractivity contribution in [2.24, 2.45) is 0 Å². The van der Waals surface area contributed by atoms with Gasteiger partial charge in [-0.25, -0.2) is 0 Å². The zero-order valence-corrected chi connectivity index (χ0v) is 8.69. The summed E-state index contributed by atoms with van der Waals surface area (Å²) in [6.45, 7) is 2.27. The lowest BCUT2D eigenvalue weighted by atomic mass is 10.1. The van der Waals surface area contributed by atoms with Crippen LogP contribution in [0.15, 0.2) is 24.3 Å². The number of aryl methyl sites for hydroxylation is 1. The summed E-state index contributed by atoms with van der Waals surface area (Å²) in [6, 6.07) is 7.73. The van der Waals surface area contributed by atoms with Gasteiger partial charge in [0.05, 0.1) is 13.0 Å². The van der Waals surface area contributed by atoms with Crippen molar-refractivity contribution in [2.75, 3.05) is 11.4 Å². The minimum Gasteiger partial charge on any atom is -0.304 e. The van der Waals surface area contributed by atoms with E-state index in [1.54, 1.807) is 4.90 Å². The highest BCUT2D eigenvalue weighted by atomic mass is 16.2. The molecule has 1 fully saturated rings. The minimum atomic E-state index is -0.0825. The van der Waals surface area contributed by atoms with E-state index >= 15 is 0 Å². The van der Waals surface area contributed by atoms with E-state index in [2.05, 4.69) is 0 Å². The Morgan fingerprint density at radius 2 is 2.00 bits per heavy atom. The molecule has 1 aromatic rings. The van der Waals surface area contributed by atoms with Crippen molar-refractivity contribution in [2.45, 2.75) is 19.8 Å². The lowest BCUT2D eigenvalue weighted by molar-refractivity contribution is -0.121. The molecule has 0 bridgehead atoms. The Kier molecular flexibility index (Phi) is 2.54. The lowest BCUT2D eigenvalue weighted by Gasteiger charge is -2.18. The van der Waals surface area contributed by atoms with E-state index in [-0.39, 0.29) is 24.7 Å². The molecule has 0 aromatic heterocycles. The first kappa shape index (κ1) is 9.90. The van der Waals surface area contributed by atoms with Crippen molar-refractivity contribution in [3.8, 4) is 0 Å². The number of Topliss-reactive ketones (excluding diaryl/α,β-unsaturated/α-hetero) is 1. The summed E-state index contributed by atoms with van der Waals surface area (Å²) in [5.41, 5.74) is 2.00. The van der Waals surface area contributed by atoms with Crippen LogP contribution in [-0.2, 0) is 16.0 Å². The van der Waals surface area contributed by atoms with Crippen molar-refractivity contribution in [3.05, 3.63) is 29.8 Å². The molecule has 1 heterocycles. The molecule has 0 atom stereocenters. The van der Waals surface area contributed by atoms with Gasteiger partial charge in [0.2, 0.25) is 5.91 Å². The number of amides is 1. The monoisotopic (exact) mass is 203 g/mol. The van der Waals surface area contributed by atoms with Crippen LogP contribution in [0.5, 0.6) is 0 Å². The molecule has 3 heteroatoms. The summed E-state index contributed by atoms with van der Waals surface area (Å²) >= 11 is 0. The van der Waals surface area contributed by atoms with E-state index in [4.69, 9.17) is 0 Å². The fourth-order valence-corrected chi connectivity index (χ4v) is 1.88. The molecular formula is C12H13NO2. The lowest BCUT2D eigenvalue weighted by Crippen LogP contribution is -2.25. The molecule has 1 aliphatic rings. The molecule has 1 saturated heterocycles. The molecule has 2 rings (SSSR count). The summed E-state index contributed by atoms with van der Waals surface area (Å²) in [7, 11) is 0. The van der Waals surface area contributed by atoms with Gasteiger partial charge in [-0.15, -0.1) is 0 Å². The number of nitrogens with zero attached hydrogens (tertiary/aromatic N) is 1. The Labute approximate surface area is 88.7 Å². The summed E-state index contributed by atoms with van der Waals surface area (Å²) in [5.74, 6) is -0.0770. The molecule has 15 heavy (non-hydrogen) atoms. The number of hydrogen-bond donors (Lipinski definition) is 0.